The van der Waals surface area contributed by atoms with E-state index >= 15 is 0 Å². The number of rotatable bonds is 2. The van der Waals surface area contributed by atoms with Gasteiger partial charge in [-0.25, -0.2) is 4.98 Å². The van der Waals surface area contributed by atoms with Gasteiger partial charge in [0.15, 0.2) is 0 Å². The molecule has 0 radical (unpaired) electrons. The molecule has 3 rings (SSSR count). The largest absolute Gasteiger partial charge is 0.319 e. The maximum absolute atomic E-state index is 12.2. The number of nitrogens with one attached hydrogen (secondary N) is 1. The van der Waals surface area contributed by atoms with Crippen molar-refractivity contribution in [2.24, 2.45) is 0 Å². The quantitative estimate of drug-likeness (QED) is 0.783. The molecule has 0 aliphatic heterocycles. The minimum absolute atomic E-state index is 0.0893. The van der Waals surface area contributed by atoms with Crippen LogP contribution in [-0.4, -0.2) is 9.97 Å². The van der Waals surface area contributed by atoms with Crippen molar-refractivity contribution in [3.63, 3.8) is 0 Å². The third-order valence-corrected chi connectivity index (χ3v) is 4.70. The van der Waals surface area contributed by atoms with Crippen LogP contribution in [0.4, 0.5) is 0 Å². The van der Waals surface area contributed by atoms with E-state index in [1.54, 1.807) is 11.3 Å². The second kappa shape index (κ2) is 4.87. The van der Waals surface area contributed by atoms with E-state index < -0.39 is 0 Å². The second-order valence-corrected chi connectivity index (χ2v) is 6.17. The molecule has 4 heteroatoms. The molecular weight excluding hydrogens is 268 g/mol. The van der Waals surface area contributed by atoms with E-state index in [-0.39, 0.29) is 5.56 Å². The van der Waals surface area contributed by atoms with Crippen LogP contribution in [0.1, 0.15) is 27.3 Å². The van der Waals surface area contributed by atoms with Gasteiger partial charge in [0.2, 0.25) is 0 Å². The Morgan fingerprint density at radius 2 is 1.90 bits per heavy atom. The molecule has 3 nitrogen and oxygen atoms in total. The molecule has 0 spiro atoms. The molecule has 0 fully saturated rings. The van der Waals surface area contributed by atoms with Crippen LogP contribution in [0.2, 0.25) is 0 Å². The lowest BCUT2D eigenvalue weighted by atomic mass is 10.1. The Bertz CT molecular complexity index is 845. The molecule has 0 aliphatic carbocycles. The van der Waals surface area contributed by atoms with Gasteiger partial charge in [-0.15, -0.1) is 11.3 Å². The summed E-state index contributed by atoms with van der Waals surface area (Å²) in [5, 5.41) is 2.05. The third-order valence-electron chi connectivity index (χ3n) is 3.67. The molecule has 0 saturated carbocycles. The summed E-state index contributed by atoms with van der Waals surface area (Å²) in [7, 11) is 0. The Hall–Kier alpha value is -1.94. The summed E-state index contributed by atoms with van der Waals surface area (Å²) in [4.78, 5) is 20.9. The fraction of sp³-hybridized carbons (Fsp3) is 0.250. The molecule has 20 heavy (non-hydrogen) atoms. The number of hydrogen-bond donors (Lipinski definition) is 1. The zero-order valence-electron chi connectivity index (χ0n) is 11.8. The van der Waals surface area contributed by atoms with Crippen LogP contribution in [0.25, 0.3) is 11.0 Å². The first kappa shape index (κ1) is 13.1. The van der Waals surface area contributed by atoms with Gasteiger partial charge in [0.05, 0.1) is 11.0 Å². The normalized spacial score (nSPS) is 11.2. The van der Waals surface area contributed by atoms with Crippen LogP contribution in [0.3, 0.4) is 0 Å². The molecule has 2 aromatic heterocycles. The average Bonchev–Trinajstić information content (AvgIpc) is 2.79. The number of nitrogens with zero attached hydrogens (tertiary/aromatic N) is 1. The van der Waals surface area contributed by atoms with Crippen molar-refractivity contribution in [2.45, 2.75) is 27.2 Å². The molecule has 1 N–H and O–H groups in total. The number of aromatic nitrogens is 2. The zero-order valence-corrected chi connectivity index (χ0v) is 12.6. The summed E-state index contributed by atoms with van der Waals surface area (Å²) in [6.45, 7) is 6.16. The van der Waals surface area contributed by atoms with Crippen molar-refractivity contribution in [1.82, 2.24) is 9.97 Å². The highest BCUT2D eigenvalue weighted by atomic mass is 32.1. The van der Waals surface area contributed by atoms with E-state index in [2.05, 4.69) is 29.9 Å². The number of aromatic amines is 1. The fourth-order valence-corrected chi connectivity index (χ4v) is 3.15. The van der Waals surface area contributed by atoms with Crippen LogP contribution in [-0.2, 0) is 6.42 Å². The molecule has 0 amide bonds. The van der Waals surface area contributed by atoms with Gasteiger partial charge in [-0.05, 0) is 61.0 Å². The smallest absolute Gasteiger partial charge is 0.270 e. The van der Waals surface area contributed by atoms with Crippen LogP contribution < -0.4 is 5.56 Å². The molecule has 0 aliphatic rings. The third kappa shape index (κ3) is 2.27. The van der Waals surface area contributed by atoms with Crippen molar-refractivity contribution in [3.05, 3.63) is 61.2 Å². The van der Waals surface area contributed by atoms with Gasteiger partial charge < -0.3 is 4.98 Å². The standard InChI is InChI=1S/C16H16N2OS/c1-9-4-5-20-15(9)8-14-16(19)18-13-7-11(3)10(2)6-12(13)17-14/h4-7H,8H2,1-3H3,(H,18,19). The molecule has 0 saturated heterocycles. The fourth-order valence-electron chi connectivity index (χ4n) is 2.24. The summed E-state index contributed by atoms with van der Waals surface area (Å²) < 4.78 is 0. The summed E-state index contributed by atoms with van der Waals surface area (Å²) in [6, 6.07) is 6.09. The predicted molar refractivity (Wildman–Crippen MR) is 83.7 cm³/mol. The van der Waals surface area contributed by atoms with Crippen molar-refractivity contribution >= 4 is 22.4 Å². The van der Waals surface area contributed by atoms with Gasteiger partial charge >= 0.3 is 0 Å². The number of thiophene rings is 1. The first-order chi connectivity index (χ1) is 9.54. The highest BCUT2D eigenvalue weighted by Crippen LogP contribution is 2.19. The first-order valence-corrected chi connectivity index (χ1v) is 7.45. The monoisotopic (exact) mass is 284 g/mol. The molecule has 2 heterocycles. The minimum Gasteiger partial charge on any atom is -0.319 e. The van der Waals surface area contributed by atoms with Gasteiger partial charge in [-0.2, -0.15) is 0 Å². The lowest BCUT2D eigenvalue weighted by Crippen LogP contribution is -2.15. The first-order valence-electron chi connectivity index (χ1n) is 6.57. The van der Waals surface area contributed by atoms with E-state index in [0.29, 0.717) is 12.1 Å². The topological polar surface area (TPSA) is 45.8 Å². The molecule has 3 aromatic rings. The Balaban J connectivity index is 2.12. The molecular formula is C16H16N2OS. The second-order valence-electron chi connectivity index (χ2n) is 5.17. The number of benzene rings is 1. The van der Waals surface area contributed by atoms with Crippen molar-refractivity contribution in [3.8, 4) is 0 Å². The number of fused-ring (bicyclic) bond motifs is 1. The van der Waals surface area contributed by atoms with Gasteiger partial charge in [-0.1, -0.05) is 0 Å². The lowest BCUT2D eigenvalue weighted by molar-refractivity contribution is 1.03. The van der Waals surface area contributed by atoms with Crippen molar-refractivity contribution < 1.29 is 0 Å². The lowest BCUT2D eigenvalue weighted by Gasteiger charge is -2.05. The van der Waals surface area contributed by atoms with Crippen LogP contribution in [0.15, 0.2) is 28.4 Å². The molecule has 0 atom stereocenters. The van der Waals surface area contributed by atoms with Gasteiger partial charge in [-0.3, -0.25) is 4.79 Å². The van der Waals surface area contributed by atoms with E-state index in [1.165, 1.54) is 16.0 Å². The highest BCUT2D eigenvalue weighted by molar-refractivity contribution is 7.10. The maximum Gasteiger partial charge on any atom is 0.270 e. The minimum atomic E-state index is -0.0893. The Kier molecular flexibility index (Phi) is 3.18. The summed E-state index contributed by atoms with van der Waals surface area (Å²) in [5.74, 6) is 0. The number of aryl methyl sites for hydroxylation is 3. The number of H-pyrrole nitrogens is 1. The van der Waals surface area contributed by atoms with E-state index in [1.807, 2.05) is 24.4 Å². The molecule has 0 unspecified atom stereocenters. The Morgan fingerprint density at radius 3 is 2.60 bits per heavy atom. The zero-order chi connectivity index (χ0) is 14.3. The van der Waals surface area contributed by atoms with Crippen molar-refractivity contribution in [1.29, 1.82) is 0 Å². The molecule has 102 valence electrons. The molecule has 1 aromatic carbocycles. The van der Waals surface area contributed by atoms with Gasteiger partial charge in [0, 0.05) is 11.3 Å². The van der Waals surface area contributed by atoms with Crippen LogP contribution in [0.5, 0.6) is 0 Å². The van der Waals surface area contributed by atoms with E-state index in [0.717, 1.165) is 16.6 Å². The predicted octanol–water partition coefficient (Wildman–Crippen LogP) is 3.50. The van der Waals surface area contributed by atoms with Crippen molar-refractivity contribution in [2.75, 3.05) is 0 Å². The molecule has 0 bridgehead atoms. The SMILES string of the molecule is Cc1cc2nc(Cc3sccc3C)c(=O)[nH]c2cc1C. The van der Waals surface area contributed by atoms with Gasteiger partial charge in [0.25, 0.3) is 5.56 Å². The Morgan fingerprint density at radius 1 is 1.15 bits per heavy atom. The highest BCUT2D eigenvalue weighted by Gasteiger charge is 2.09. The Labute approximate surface area is 121 Å². The summed E-state index contributed by atoms with van der Waals surface area (Å²) >= 11 is 1.67. The van der Waals surface area contributed by atoms with Gasteiger partial charge in [0.1, 0.15) is 5.69 Å². The summed E-state index contributed by atoms with van der Waals surface area (Å²) in [6.07, 6.45) is 0.599. The van der Waals surface area contributed by atoms with Crippen LogP contribution >= 0.6 is 11.3 Å². The maximum atomic E-state index is 12.2. The van der Waals surface area contributed by atoms with E-state index in [9.17, 15) is 4.79 Å². The number of hydrogen-bond acceptors (Lipinski definition) is 3. The van der Waals surface area contributed by atoms with E-state index in [4.69, 9.17) is 0 Å². The van der Waals surface area contributed by atoms with Crippen LogP contribution in [0, 0.1) is 20.8 Å². The summed E-state index contributed by atoms with van der Waals surface area (Å²) in [5.41, 5.74) is 5.74. The average molecular weight is 284 g/mol.